The molecule has 39 heavy (non-hydrogen) atoms. The second kappa shape index (κ2) is 10.3. The zero-order valence-corrected chi connectivity index (χ0v) is 21.7. The molecule has 5 aromatic heterocycles. The first-order valence-corrected chi connectivity index (χ1v) is 13.6. The summed E-state index contributed by atoms with van der Waals surface area (Å²) in [6.07, 6.45) is 11.3. The molecule has 1 aliphatic rings. The molecule has 7 rings (SSSR count). The lowest BCUT2D eigenvalue weighted by atomic mass is 10.1. The molecule has 8 nitrogen and oxygen atoms in total. The van der Waals surface area contributed by atoms with Crippen LogP contribution >= 0.6 is 0 Å². The maximum absolute atomic E-state index is 4.66. The van der Waals surface area contributed by atoms with E-state index in [4.69, 9.17) is 0 Å². The van der Waals surface area contributed by atoms with Gasteiger partial charge in [0.25, 0.3) is 0 Å². The van der Waals surface area contributed by atoms with Crippen molar-refractivity contribution >= 4 is 27.8 Å². The molecule has 0 radical (unpaired) electrons. The van der Waals surface area contributed by atoms with Gasteiger partial charge in [0.2, 0.25) is 0 Å². The number of H-pyrrole nitrogens is 2. The predicted octanol–water partition coefficient (Wildman–Crippen LogP) is 5.84. The third-order valence-corrected chi connectivity index (χ3v) is 7.51. The lowest BCUT2D eigenvalue weighted by Gasteiger charge is -2.29. The van der Waals surface area contributed by atoms with Gasteiger partial charge in [0.1, 0.15) is 5.65 Å². The third-order valence-electron chi connectivity index (χ3n) is 7.51. The molecule has 1 fully saturated rings. The zero-order valence-electron chi connectivity index (χ0n) is 21.7. The molecule has 6 aromatic rings. The fourth-order valence-corrected chi connectivity index (χ4v) is 5.51. The average Bonchev–Trinajstić information content (AvgIpc) is 3.62. The van der Waals surface area contributed by atoms with E-state index in [0.29, 0.717) is 5.65 Å². The van der Waals surface area contributed by atoms with E-state index in [-0.39, 0.29) is 0 Å². The number of nitrogens with one attached hydrogen (secondary N) is 3. The largest absolute Gasteiger partial charge is 0.371 e. The van der Waals surface area contributed by atoms with Gasteiger partial charge in [-0.05, 0) is 54.7 Å². The lowest BCUT2D eigenvalue weighted by Crippen LogP contribution is -2.29. The number of piperidine rings is 1. The van der Waals surface area contributed by atoms with Gasteiger partial charge in [-0.25, -0.2) is 9.97 Å². The minimum absolute atomic E-state index is 0.685. The SMILES string of the molecule is c1ccc(CNCc2cncc(-c3cnc4n[nH]c(-c5cc6c(N7CCCCC7)ccnc6[nH]5)c4c3)c2)cc1. The van der Waals surface area contributed by atoms with Crippen LogP contribution in [0.25, 0.3) is 44.6 Å². The van der Waals surface area contributed by atoms with Crippen LogP contribution in [0.5, 0.6) is 0 Å². The van der Waals surface area contributed by atoms with Gasteiger partial charge in [0, 0.05) is 78.6 Å². The average molecular weight is 515 g/mol. The molecule has 0 unspecified atom stereocenters. The van der Waals surface area contributed by atoms with Crippen molar-refractivity contribution in [1.82, 2.24) is 35.5 Å². The first kappa shape index (κ1) is 23.5. The summed E-state index contributed by atoms with van der Waals surface area (Å²) in [7, 11) is 0. The Kier molecular flexibility index (Phi) is 6.22. The number of hydrogen-bond donors (Lipinski definition) is 3. The second-order valence-corrected chi connectivity index (χ2v) is 10.2. The summed E-state index contributed by atoms with van der Waals surface area (Å²) >= 11 is 0. The Hall–Kier alpha value is -4.56. The van der Waals surface area contributed by atoms with Crippen molar-refractivity contribution in [2.75, 3.05) is 18.0 Å². The Morgan fingerprint density at radius 2 is 1.64 bits per heavy atom. The van der Waals surface area contributed by atoms with Gasteiger partial charge >= 0.3 is 0 Å². The molecule has 1 aliphatic heterocycles. The normalized spacial score (nSPS) is 13.9. The molecule has 0 saturated carbocycles. The molecule has 0 atom stereocenters. The van der Waals surface area contributed by atoms with Crippen molar-refractivity contribution in [3.05, 3.63) is 90.5 Å². The number of pyridine rings is 3. The van der Waals surface area contributed by atoms with Crippen LogP contribution < -0.4 is 10.2 Å². The van der Waals surface area contributed by atoms with E-state index in [1.807, 2.05) is 30.9 Å². The molecule has 194 valence electrons. The molecular formula is C31H30N8. The van der Waals surface area contributed by atoms with Crippen LogP contribution in [0.1, 0.15) is 30.4 Å². The van der Waals surface area contributed by atoms with E-state index in [0.717, 1.165) is 70.7 Å². The Morgan fingerprint density at radius 1 is 0.795 bits per heavy atom. The van der Waals surface area contributed by atoms with Gasteiger partial charge in [-0.1, -0.05) is 30.3 Å². The van der Waals surface area contributed by atoms with E-state index < -0.39 is 0 Å². The highest BCUT2D eigenvalue weighted by Crippen LogP contribution is 2.34. The smallest absolute Gasteiger partial charge is 0.181 e. The number of rotatable bonds is 7. The molecule has 3 N–H and O–H groups in total. The van der Waals surface area contributed by atoms with E-state index in [2.05, 4.69) is 88.9 Å². The summed E-state index contributed by atoms with van der Waals surface area (Å²) in [4.78, 5) is 19.8. The first-order valence-electron chi connectivity index (χ1n) is 13.6. The minimum Gasteiger partial charge on any atom is -0.371 e. The van der Waals surface area contributed by atoms with E-state index in [1.54, 1.807) is 0 Å². The highest BCUT2D eigenvalue weighted by molar-refractivity contribution is 5.98. The Bertz CT molecular complexity index is 1730. The van der Waals surface area contributed by atoms with E-state index in [1.165, 1.54) is 30.5 Å². The van der Waals surface area contributed by atoms with Crippen LogP contribution in [0.15, 0.2) is 79.4 Å². The summed E-state index contributed by atoms with van der Waals surface area (Å²) in [5.74, 6) is 0. The van der Waals surface area contributed by atoms with Crippen molar-refractivity contribution in [3.8, 4) is 22.5 Å². The highest BCUT2D eigenvalue weighted by atomic mass is 15.2. The quantitative estimate of drug-likeness (QED) is 0.247. The maximum Gasteiger partial charge on any atom is 0.181 e. The van der Waals surface area contributed by atoms with Crippen LogP contribution in [0.3, 0.4) is 0 Å². The van der Waals surface area contributed by atoms with Gasteiger partial charge in [0.05, 0.1) is 11.4 Å². The topological polar surface area (TPSA) is 98.4 Å². The van der Waals surface area contributed by atoms with Crippen molar-refractivity contribution in [2.24, 2.45) is 0 Å². The van der Waals surface area contributed by atoms with Crippen LogP contribution in [0, 0.1) is 0 Å². The third kappa shape index (κ3) is 4.75. The van der Waals surface area contributed by atoms with Gasteiger partial charge in [-0.3, -0.25) is 10.1 Å². The molecule has 0 spiro atoms. The van der Waals surface area contributed by atoms with Gasteiger partial charge in [-0.2, -0.15) is 5.10 Å². The number of nitrogens with zero attached hydrogens (tertiary/aromatic N) is 5. The Morgan fingerprint density at radius 3 is 2.54 bits per heavy atom. The molecule has 8 heteroatoms. The molecule has 1 aromatic carbocycles. The van der Waals surface area contributed by atoms with Crippen LogP contribution in [0.2, 0.25) is 0 Å². The van der Waals surface area contributed by atoms with Crippen LogP contribution in [-0.2, 0) is 13.1 Å². The number of hydrogen-bond acceptors (Lipinski definition) is 6. The van der Waals surface area contributed by atoms with Gasteiger partial charge < -0.3 is 15.2 Å². The maximum atomic E-state index is 4.66. The van der Waals surface area contributed by atoms with E-state index in [9.17, 15) is 0 Å². The molecular weight excluding hydrogens is 484 g/mol. The molecule has 0 amide bonds. The number of aromatic amines is 2. The van der Waals surface area contributed by atoms with Gasteiger partial charge in [0.15, 0.2) is 5.65 Å². The summed E-state index contributed by atoms with van der Waals surface area (Å²) in [5.41, 5.74) is 9.11. The van der Waals surface area contributed by atoms with Crippen LogP contribution in [-0.4, -0.2) is 43.2 Å². The monoisotopic (exact) mass is 514 g/mol. The molecule has 1 saturated heterocycles. The van der Waals surface area contributed by atoms with Crippen molar-refractivity contribution in [3.63, 3.8) is 0 Å². The number of benzene rings is 1. The van der Waals surface area contributed by atoms with Crippen LogP contribution in [0.4, 0.5) is 5.69 Å². The van der Waals surface area contributed by atoms with Crippen molar-refractivity contribution < 1.29 is 0 Å². The minimum atomic E-state index is 0.685. The second-order valence-electron chi connectivity index (χ2n) is 10.2. The fourth-order valence-electron chi connectivity index (χ4n) is 5.51. The highest BCUT2D eigenvalue weighted by Gasteiger charge is 2.18. The Labute approximate surface area is 226 Å². The first-order chi connectivity index (χ1) is 19.3. The number of aromatic nitrogens is 6. The van der Waals surface area contributed by atoms with Crippen molar-refractivity contribution in [2.45, 2.75) is 32.4 Å². The number of anilines is 1. The van der Waals surface area contributed by atoms with Gasteiger partial charge in [-0.15, -0.1) is 0 Å². The summed E-state index contributed by atoms with van der Waals surface area (Å²) in [6, 6.07) is 19.0. The fraction of sp³-hybridized carbons (Fsp3) is 0.226. The standard InChI is InChI=1S/C31H30N8/c1-3-7-21(8-4-1)16-32-17-22-13-23(19-33-18-22)24-14-26-29(37-38-31(26)35-20-24)27-15-25-28(9-10-34-30(25)36-27)39-11-5-2-6-12-39/h1,3-4,7-10,13-15,18-20,32H,2,5-6,11-12,16-17H2,(H,34,36)(H,35,37,38). The lowest BCUT2D eigenvalue weighted by molar-refractivity contribution is 0.579. The summed E-state index contributed by atoms with van der Waals surface area (Å²) in [5, 5.41) is 13.3. The summed E-state index contributed by atoms with van der Waals surface area (Å²) in [6.45, 7) is 3.74. The zero-order chi connectivity index (χ0) is 26.0. The predicted molar refractivity (Wildman–Crippen MR) is 155 cm³/mol. The molecule has 0 bridgehead atoms. The number of fused-ring (bicyclic) bond motifs is 2. The molecule has 0 aliphatic carbocycles. The molecule has 6 heterocycles. The van der Waals surface area contributed by atoms with E-state index >= 15 is 0 Å². The summed E-state index contributed by atoms with van der Waals surface area (Å²) < 4.78 is 0. The Balaban J connectivity index is 1.18. The van der Waals surface area contributed by atoms with Crippen molar-refractivity contribution in [1.29, 1.82) is 0 Å².